The lowest BCUT2D eigenvalue weighted by Crippen LogP contribution is -1.84. The molecule has 0 bridgehead atoms. The molecule has 11 heavy (non-hydrogen) atoms. The maximum absolute atomic E-state index is 5.51. The third-order valence-electron chi connectivity index (χ3n) is 1.22. The molecule has 0 aromatic heterocycles. The molecule has 0 spiro atoms. The average Bonchev–Trinajstić information content (AvgIpc) is 2.04. The summed E-state index contributed by atoms with van der Waals surface area (Å²) in [5.74, 6) is 0.684. The van der Waals surface area contributed by atoms with Gasteiger partial charge in [0.25, 0.3) is 0 Å². The third-order valence-corrected chi connectivity index (χ3v) is 2.18. The highest BCUT2D eigenvalue weighted by Crippen LogP contribution is 2.18. The van der Waals surface area contributed by atoms with Gasteiger partial charge in [-0.3, -0.25) is 0 Å². The molecule has 3 heteroatoms. The fourth-order valence-corrected chi connectivity index (χ4v) is 1.27. The normalized spacial score (nSPS) is 9.91. The maximum atomic E-state index is 5.51. The van der Waals surface area contributed by atoms with Gasteiger partial charge in [0, 0.05) is 17.7 Å². The van der Waals surface area contributed by atoms with Crippen molar-refractivity contribution in [3.63, 3.8) is 0 Å². The van der Waals surface area contributed by atoms with Crippen LogP contribution in [0, 0.1) is 0 Å². The van der Waals surface area contributed by atoms with Crippen LogP contribution in [0.25, 0.3) is 0 Å². The lowest BCUT2D eigenvalue weighted by molar-refractivity contribution is 0.259. The highest BCUT2D eigenvalue weighted by Gasteiger charge is 1.90. The van der Waals surface area contributed by atoms with Crippen molar-refractivity contribution in [3.8, 4) is 0 Å². The summed E-state index contributed by atoms with van der Waals surface area (Å²) in [6.07, 6.45) is 0. The number of methoxy groups -OCH3 is 1. The molecule has 0 radical (unpaired) electrons. The van der Waals surface area contributed by atoms with E-state index in [0.717, 1.165) is 5.69 Å². The van der Waals surface area contributed by atoms with E-state index in [-0.39, 0.29) is 0 Å². The van der Waals surface area contributed by atoms with E-state index in [1.165, 1.54) is 4.90 Å². The molecule has 0 heterocycles. The Morgan fingerprint density at radius 3 is 2.55 bits per heavy atom. The molecular formula is C8H11NOS. The van der Waals surface area contributed by atoms with Gasteiger partial charge in [0.05, 0.1) is 5.94 Å². The molecule has 0 aliphatic rings. The summed E-state index contributed by atoms with van der Waals surface area (Å²) in [6.45, 7) is 0. The SMILES string of the molecule is COCSc1ccc(N)cc1. The summed E-state index contributed by atoms with van der Waals surface area (Å²) in [6, 6.07) is 7.74. The minimum Gasteiger partial charge on any atom is -0.399 e. The van der Waals surface area contributed by atoms with E-state index >= 15 is 0 Å². The van der Waals surface area contributed by atoms with Crippen molar-refractivity contribution in [2.75, 3.05) is 18.8 Å². The third kappa shape index (κ3) is 2.82. The second-order valence-corrected chi connectivity index (χ2v) is 3.12. The van der Waals surface area contributed by atoms with Crippen molar-refractivity contribution in [2.24, 2.45) is 0 Å². The Morgan fingerprint density at radius 2 is 2.00 bits per heavy atom. The van der Waals surface area contributed by atoms with Crippen LogP contribution in [0.15, 0.2) is 29.2 Å². The molecule has 0 saturated carbocycles. The number of ether oxygens (including phenoxy) is 1. The summed E-state index contributed by atoms with van der Waals surface area (Å²) in [5.41, 5.74) is 6.31. The standard InChI is InChI=1S/C8H11NOS/c1-10-6-11-8-4-2-7(9)3-5-8/h2-5H,6,9H2,1H3. The average molecular weight is 169 g/mol. The van der Waals surface area contributed by atoms with Gasteiger partial charge < -0.3 is 10.5 Å². The first-order valence-corrected chi connectivity index (χ1v) is 4.29. The molecule has 0 unspecified atom stereocenters. The van der Waals surface area contributed by atoms with Gasteiger partial charge in [-0.2, -0.15) is 0 Å². The van der Waals surface area contributed by atoms with E-state index in [1.54, 1.807) is 18.9 Å². The summed E-state index contributed by atoms with van der Waals surface area (Å²) in [4.78, 5) is 1.18. The maximum Gasteiger partial charge on any atom is 0.0963 e. The molecule has 0 fully saturated rings. The van der Waals surface area contributed by atoms with Crippen LogP contribution in [0.5, 0.6) is 0 Å². The van der Waals surface area contributed by atoms with Crippen molar-refractivity contribution in [1.82, 2.24) is 0 Å². The van der Waals surface area contributed by atoms with Crippen LogP contribution in [0.1, 0.15) is 0 Å². The summed E-state index contributed by atoms with van der Waals surface area (Å²) in [7, 11) is 1.68. The monoisotopic (exact) mass is 169 g/mol. The fraction of sp³-hybridized carbons (Fsp3) is 0.250. The van der Waals surface area contributed by atoms with E-state index in [1.807, 2.05) is 24.3 Å². The van der Waals surface area contributed by atoms with Gasteiger partial charge in [-0.1, -0.05) is 11.8 Å². The number of nitrogen functional groups attached to an aromatic ring is 1. The quantitative estimate of drug-likeness (QED) is 0.427. The van der Waals surface area contributed by atoms with Crippen LogP contribution < -0.4 is 5.73 Å². The first-order chi connectivity index (χ1) is 5.33. The summed E-state index contributed by atoms with van der Waals surface area (Å²) >= 11 is 1.65. The minimum atomic E-state index is 0.684. The minimum absolute atomic E-state index is 0.684. The molecule has 0 saturated heterocycles. The Bertz CT molecular complexity index is 210. The molecule has 0 aliphatic heterocycles. The second kappa shape index (κ2) is 4.26. The molecule has 1 aromatic carbocycles. The van der Waals surface area contributed by atoms with Gasteiger partial charge in [0.2, 0.25) is 0 Å². The topological polar surface area (TPSA) is 35.2 Å². The van der Waals surface area contributed by atoms with Crippen LogP contribution in [0.4, 0.5) is 5.69 Å². The summed E-state index contributed by atoms with van der Waals surface area (Å²) in [5, 5.41) is 0. The number of thioether (sulfide) groups is 1. The smallest absolute Gasteiger partial charge is 0.0963 e. The second-order valence-electron chi connectivity index (χ2n) is 2.12. The molecular weight excluding hydrogens is 158 g/mol. The number of nitrogens with two attached hydrogens (primary N) is 1. The van der Waals surface area contributed by atoms with Crippen LogP contribution in [-0.4, -0.2) is 13.0 Å². The fourth-order valence-electron chi connectivity index (χ4n) is 0.691. The predicted molar refractivity (Wildman–Crippen MR) is 48.6 cm³/mol. The van der Waals surface area contributed by atoms with E-state index in [0.29, 0.717) is 5.94 Å². The molecule has 0 atom stereocenters. The zero-order valence-corrected chi connectivity index (χ0v) is 7.23. The molecule has 0 amide bonds. The molecule has 1 rings (SSSR count). The lowest BCUT2D eigenvalue weighted by atomic mass is 10.3. The Balaban J connectivity index is 2.52. The highest BCUT2D eigenvalue weighted by molar-refractivity contribution is 7.99. The van der Waals surface area contributed by atoms with Crippen molar-refractivity contribution < 1.29 is 4.74 Å². The zero-order chi connectivity index (χ0) is 8.10. The van der Waals surface area contributed by atoms with E-state index in [4.69, 9.17) is 10.5 Å². The number of anilines is 1. The molecule has 60 valence electrons. The molecule has 1 aromatic rings. The Labute approximate surface area is 70.7 Å². The van der Waals surface area contributed by atoms with Gasteiger partial charge in [-0.15, -0.1) is 0 Å². The zero-order valence-electron chi connectivity index (χ0n) is 6.41. The van der Waals surface area contributed by atoms with Gasteiger partial charge >= 0.3 is 0 Å². The van der Waals surface area contributed by atoms with E-state index in [2.05, 4.69) is 0 Å². The Morgan fingerprint density at radius 1 is 1.36 bits per heavy atom. The van der Waals surface area contributed by atoms with Gasteiger partial charge in [0.1, 0.15) is 0 Å². The van der Waals surface area contributed by atoms with Crippen molar-refractivity contribution in [2.45, 2.75) is 4.90 Å². The first kappa shape index (κ1) is 8.43. The van der Waals surface area contributed by atoms with Crippen LogP contribution >= 0.6 is 11.8 Å². The summed E-state index contributed by atoms with van der Waals surface area (Å²) < 4.78 is 4.91. The lowest BCUT2D eigenvalue weighted by Gasteiger charge is -1.99. The van der Waals surface area contributed by atoms with Crippen LogP contribution in [-0.2, 0) is 4.74 Å². The molecule has 2 nitrogen and oxygen atoms in total. The molecule has 0 aliphatic carbocycles. The van der Waals surface area contributed by atoms with Crippen molar-refractivity contribution in [1.29, 1.82) is 0 Å². The number of hydrogen-bond donors (Lipinski definition) is 1. The Kier molecular flexibility index (Phi) is 3.26. The van der Waals surface area contributed by atoms with Gasteiger partial charge in [-0.05, 0) is 24.3 Å². The largest absolute Gasteiger partial charge is 0.399 e. The van der Waals surface area contributed by atoms with Crippen LogP contribution in [0.2, 0.25) is 0 Å². The van der Waals surface area contributed by atoms with Gasteiger partial charge in [0.15, 0.2) is 0 Å². The van der Waals surface area contributed by atoms with Crippen LogP contribution in [0.3, 0.4) is 0 Å². The molecule has 2 N–H and O–H groups in total. The Hall–Kier alpha value is -0.670. The first-order valence-electron chi connectivity index (χ1n) is 3.30. The van der Waals surface area contributed by atoms with Gasteiger partial charge in [-0.25, -0.2) is 0 Å². The number of benzene rings is 1. The predicted octanol–water partition coefficient (Wildman–Crippen LogP) is 1.96. The number of rotatable bonds is 3. The number of hydrogen-bond acceptors (Lipinski definition) is 3. The van der Waals surface area contributed by atoms with Crippen molar-refractivity contribution in [3.05, 3.63) is 24.3 Å². The highest BCUT2D eigenvalue weighted by atomic mass is 32.2. The van der Waals surface area contributed by atoms with E-state index in [9.17, 15) is 0 Å². The van der Waals surface area contributed by atoms with Crippen molar-refractivity contribution >= 4 is 17.4 Å². The van der Waals surface area contributed by atoms with E-state index < -0.39 is 0 Å².